The summed E-state index contributed by atoms with van der Waals surface area (Å²) < 4.78 is 7.40. The molecule has 0 N–H and O–H groups in total. The first-order chi connectivity index (χ1) is 28.3. The zero-order valence-electron chi connectivity index (χ0n) is 30.4. The normalized spacial score (nSPS) is 12.2. The quantitative estimate of drug-likeness (QED) is 0.181. The molecule has 0 atom stereocenters. The summed E-state index contributed by atoms with van der Waals surface area (Å²) in [5.41, 5.74) is 7.49. The Morgan fingerprint density at radius 3 is 1.53 bits per heavy atom. The third-order valence-electron chi connectivity index (χ3n) is 11.7. The third kappa shape index (κ3) is 4.25. The molecule has 57 heavy (non-hydrogen) atoms. The molecule has 0 aliphatic carbocycles. The lowest BCUT2D eigenvalue weighted by atomic mass is 10.0. The van der Waals surface area contributed by atoms with Gasteiger partial charge in [-0.1, -0.05) is 146 Å². The minimum Gasteiger partial charge on any atom is -0.307 e. The lowest BCUT2D eigenvalue weighted by Crippen LogP contribution is -2.06. The minimum atomic E-state index is 0.581. The maximum Gasteiger partial charge on any atom is 0.238 e. The van der Waals surface area contributed by atoms with Gasteiger partial charge < -0.3 is 4.40 Å². The molecule has 8 aromatic carbocycles. The van der Waals surface area contributed by atoms with Gasteiger partial charge in [-0.05, 0) is 41.1 Å². The molecule has 264 valence electrons. The predicted octanol–water partition coefficient (Wildman–Crippen LogP) is 13.5. The molecule has 0 fully saturated rings. The van der Waals surface area contributed by atoms with E-state index in [1.165, 1.54) is 63.5 Å². The standard InChI is InChI=1S/C51H29N5S/c1-3-14-30(15-4-1)49-52-50(31-16-5-2-6-17-31)54-51(53-49)55-40-25-10-8-19-38(40)44-41(55)29-28-37-36-23-11-22-35-34-21-13-27-43-46(34)45-33(20-12-26-42(45)57-43)32-18-7-9-24-39(32)56(47(35)36)48(37)44/h1-29H. The van der Waals surface area contributed by atoms with E-state index in [0.29, 0.717) is 17.6 Å². The van der Waals surface area contributed by atoms with Crippen molar-refractivity contribution in [2.45, 2.75) is 0 Å². The summed E-state index contributed by atoms with van der Waals surface area (Å²) in [4.78, 5) is 15.5. The van der Waals surface area contributed by atoms with Crippen molar-refractivity contribution in [3.8, 4) is 28.7 Å². The Hall–Kier alpha value is -7.41. The Labute approximate surface area is 329 Å². The van der Waals surface area contributed by atoms with E-state index in [9.17, 15) is 0 Å². The fourth-order valence-electron chi connectivity index (χ4n) is 9.39. The monoisotopic (exact) mass is 743 g/mol. The second kappa shape index (κ2) is 11.6. The first kappa shape index (κ1) is 30.9. The van der Waals surface area contributed by atoms with Gasteiger partial charge in [-0.2, -0.15) is 9.97 Å². The number of hydrogen-bond donors (Lipinski definition) is 0. The van der Waals surface area contributed by atoms with Crippen LogP contribution in [0.1, 0.15) is 0 Å². The van der Waals surface area contributed by atoms with Crippen LogP contribution in [-0.2, 0) is 0 Å². The molecule has 0 amide bonds. The Morgan fingerprint density at radius 1 is 0.333 bits per heavy atom. The number of benzene rings is 8. The average molecular weight is 744 g/mol. The number of nitrogens with zero attached hydrogens (tertiary/aromatic N) is 5. The molecule has 0 aliphatic rings. The fraction of sp³-hybridized carbons (Fsp3) is 0. The maximum absolute atomic E-state index is 5.23. The van der Waals surface area contributed by atoms with Crippen LogP contribution in [0.5, 0.6) is 0 Å². The predicted molar refractivity (Wildman–Crippen MR) is 239 cm³/mol. The smallest absolute Gasteiger partial charge is 0.238 e. The molecule has 0 saturated heterocycles. The molecule has 6 heteroatoms. The van der Waals surface area contributed by atoms with Gasteiger partial charge in [0.15, 0.2) is 11.6 Å². The van der Waals surface area contributed by atoms with Crippen LogP contribution >= 0.6 is 11.3 Å². The molecule has 5 heterocycles. The second-order valence-electron chi connectivity index (χ2n) is 14.7. The Bertz CT molecular complexity index is 3750. The van der Waals surface area contributed by atoms with Crippen LogP contribution in [0.15, 0.2) is 176 Å². The van der Waals surface area contributed by atoms with Crippen molar-refractivity contribution >= 4 is 102 Å². The lowest BCUT2D eigenvalue weighted by molar-refractivity contribution is 0.953. The second-order valence-corrected chi connectivity index (χ2v) is 15.8. The van der Waals surface area contributed by atoms with Crippen molar-refractivity contribution in [1.82, 2.24) is 23.9 Å². The lowest BCUT2D eigenvalue weighted by Gasteiger charge is -2.11. The first-order valence-electron chi connectivity index (χ1n) is 19.2. The summed E-state index contributed by atoms with van der Waals surface area (Å²) in [6.07, 6.45) is 0. The van der Waals surface area contributed by atoms with Crippen LogP contribution in [0, 0.1) is 0 Å². The summed E-state index contributed by atoms with van der Waals surface area (Å²) in [6.45, 7) is 0. The van der Waals surface area contributed by atoms with E-state index in [-0.39, 0.29) is 0 Å². The van der Waals surface area contributed by atoms with Gasteiger partial charge in [0.2, 0.25) is 5.95 Å². The number of thiophene rings is 1. The Morgan fingerprint density at radius 2 is 0.842 bits per heavy atom. The summed E-state index contributed by atoms with van der Waals surface area (Å²) in [7, 11) is 0. The number of fused-ring (bicyclic) bond motifs is 11. The van der Waals surface area contributed by atoms with Gasteiger partial charge in [-0.25, -0.2) is 4.98 Å². The molecule has 5 nitrogen and oxygen atoms in total. The highest BCUT2D eigenvalue weighted by atomic mass is 32.1. The van der Waals surface area contributed by atoms with Crippen molar-refractivity contribution < 1.29 is 0 Å². The molecule has 5 aromatic heterocycles. The highest BCUT2D eigenvalue weighted by molar-refractivity contribution is 7.26. The highest BCUT2D eigenvalue weighted by Gasteiger charge is 2.24. The molecule has 0 spiro atoms. The zero-order chi connectivity index (χ0) is 37.2. The summed E-state index contributed by atoms with van der Waals surface area (Å²) >= 11 is 1.88. The van der Waals surface area contributed by atoms with Crippen LogP contribution in [0.2, 0.25) is 0 Å². The van der Waals surface area contributed by atoms with Crippen LogP contribution in [0.25, 0.3) is 120 Å². The zero-order valence-corrected chi connectivity index (χ0v) is 31.2. The fourth-order valence-corrected chi connectivity index (χ4v) is 10.5. The van der Waals surface area contributed by atoms with E-state index in [1.54, 1.807) is 0 Å². The molecule has 0 bridgehead atoms. The van der Waals surface area contributed by atoms with Crippen molar-refractivity contribution in [1.29, 1.82) is 0 Å². The van der Waals surface area contributed by atoms with E-state index < -0.39 is 0 Å². The van der Waals surface area contributed by atoms with Crippen LogP contribution < -0.4 is 0 Å². The van der Waals surface area contributed by atoms with Crippen LogP contribution in [0.4, 0.5) is 0 Å². The van der Waals surface area contributed by atoms with Gasteiger partial charge >= 0.3 is 0 Å². The Kier molecular flexibility index (Phi) is 6.26. The third-order valence-corrected chi connectivity index (χ3v) is 12.8. The molecule has 0 unspecified atom stereocenters. The van der Waals surface area contributed by atoms with Gasteiger partial charge in [0.05, 0.1) is 27.6 Å². The molecular formula is C51H29N5S. The average Bonchev–Trinajstić information content (AvgIpc) is 3.95. The molecule has 0 saturated carbocycles. The summed E-state index contributed by atoms with van der Waals surface area (Å²) in [6, 6.07) is 63.0. The van der Waals surface area contributed by atoms with Gasteiger partial charge in [-0.3, -0.25) is 4.57 Å². The van der Waals surface area contributed by atoms with E-state index in [2.05, 4.69) is 148 Å². The van der Waals surface area contributed by atoms with Crippen molar-refractivity contribution in [3.63, 3.8) is 0 Å². The minimum absolute atomic E-state index is 0.581. The first-order valence-corrected chi connectivity index (χ1v) is 20.0. The topological polar surface area (TPSA) is 48.0 Å². The molecule has 13 aromatic rings. The molecule has 0 radical (unpaired) electrons. The number of aromatic nitrogens is 5. The van der Waals surface area contributed by atoms with Crippen molar-refractivity contribution in [2.24, 2.45) is 0 Å². The van der Waals surface area contributed by atoms with Crippen molar-refractivity contribution in [3.05, 3.63) is 176 Å². The maximum atomic E-state index is 5.23. The van der Waals surface area contributed by atoms with Crippen molar-refractivity contribution in [2.75, 3.05) is 0 Å². The van der Waals surface area contributed by atoms with Gasteiger partial charge in [0.1, 0.15) is 0 Å². The van der Waals surface area contributed by atoms with E-state index >= 15 is 0 Å². The summed E-state index contributed by atoms with van der Waals surface area (Å²) in [5.74, 6) is 1.85. The SMILES string of the molecule is c1ccc(-c2nc(-c3ccccc3)nc(-n3c4ccccc4c4c3ccc3c5cccc6c7cccc8sc9cccc(c%10ccccc%10n(c65)c34)c9c87)n2)cc1. The number of hydrogen-bond acceptors (Lipinski definition) is 4. The van der Waals surface area contributed by atoms with Crippen LogP contribution in [0.3, 0.4) is 0 Å². The van der Waals surface area contributed by atoms with E-state index in [1.807, 2.05) is 47.7 Å². The van der Waals surface area contributed by atoms with Gasteiger partial charge in [-0.15, -0.1) is 11.3 Å². The highest BCUT2D eigenvalue weighted by Crippen LogP contribution is 2.46. The number of rotatable bonds is 3. The number of para-hydroxylation sites is 3. The largest absolute Gasteiger partial charge is 0.307 e. The Balaban J connectivity index is 1.27. The molecule has 13 rings (SSSR count). The van der Waals surface area contributed by atoms with Gasteiger partial charge in [0, 0.05) is 63.6 Å². The van der Waals surface area contributed by atoms with E-state index in [4.69, 9.17) is 15.0 Å². The van der Waals surface area contributed by atoms with Crippen LogP contribution in [-0.4, -0.2) is 23.9 Å². The summed E-state index contributed by atoms with van der Waals surface area (Å²) in [5, 5.41) is 12.4. The van der Waals surface area contributed by atoms with E-state index in [0.717, 1.165) is 38.4 Å². The molecule has 0 aliphatic heterocycles. The van der Waals surface area contributed by atoms with Gasteiger partial charge in [0.25, 0.3) is 0 Å². The molecular weight excluding hydrogens is 715 g/mol.